The predicted octanol–water partition coefficient (Wildman–Crippen LogP) is 3.66. The molecule has 0 bridgehead atoms. The van der Waals surface area contributed by atoms with Crippen molar-refractivity contribution >= 4 is 27.2 Å². The molecule has 2 aromatic carbocycles. The van der Waals surface area contributed by atoms with Crippen molar-refractivity contribution in [1.82, 2.24) is 4.98 Å². The third-order valence-corrected chi connectivity index (χ3v) is 4.14. The smallest absolute Gasteiger partial charge is 0.0942 e. The van der Waals surface area contributed by atoms with Gasteiger partial charge in [0.1, 0.15) is 0 Å². The lowest BCUT2D eigenvalue weighted by atomic mass is 10.1. The number of benzene rings is 2. The molecule has 0 radical (unpaired) electrons. The number of anilines is 1. The third kappa shape index (κ3) is 2.22. The van der Waals surface area contributed by atoms with Gasteiger partial charge in [-0.15, -0.1) is 11.3 Å². The number of hydrogen-bond acceptors (Lipinski definition) is 3. The molecule has 3 aromatic rings. The summed E-state index contributed by atoms with van der Waals surface area (Å²) >= 11 is 1.71. The summed E-state index contributed by atoms with van der Waals surface area (Å²) in [7, 11) is 0. The Labute approximate surface area is 110 Å². The zero-order valence-corrected chi connectivity index (χ0v) is 10.8. The number of nitrogens with two attached hydrogens (primary N) is 1. The Bertz CT molecular complexity index is 659. The van der Waals surface area contributed by atoms with Gasteiger partial charge in [-0.05, 0) is 24.1 Å². The first-order valence-corrected chi connectivity index (χ1v) is 6.82. The Balaban J connectivity index is 1.81. The summed E-state index contributed by atoms with van der Waals surface area (Å²) < 4.78 is 1.11. The van der Waals surface area contributed by atoms with Gasteiger partial charge in [-0.2, -0.15) is 0 Å². The number of thiazole rings is 1. The van der Waals surface area contributed by atoms with Crippen LogP contribution in [0.2, 0.25) is 0 Å². The van der Waals surface area contributed by atoms with E-state index in [1.54, 1.807) is 11.3 Å². The van der Waals surface area contributed by atoms with Crippen LogP contribution in [0.3, 0.4) is 0 Å². The second kappa shape index (κ2) is 4.78. The zero-order valence-electron chi connectivity index (χ0n) is 9.97. The van der Waals surface area contributed by atoms with Gasteiger partial charge in [0.05, 0.1) is 20.9 Å². The number of hydrogen-bond donors (Lipinski definition) is 1. The standard InChI is InChI=1S/C15H14N2S/c16-12-7-4-8-13-15(12)18-14(17-13)10-9-11-5-2-1-3-6-11/h1-8H,9-10,16H2. The molecule has 18 heavy (non-hydrogen) atoms. The highest BCUT2D eigenvalue weighted by Gasteiger charge is 2.06. The monoisotopic (exact) mass is 254 g/mol. The summed E-state index contributed by atoms with van der Waals surface area (Å²) in [6.45, 7) is 0. The summed E-state index contributed by atoms with van der Waals surface area (Å²) in [5.41, 5.74) is 9.15. The van der Waals surface area contributed by atoms with E-state index in [2.05, 4.69) is 29.2 Å². The topological polar surface area (TPSA) is 38.9 Å². The Morgan fingerprint density at radius 1 is 0.944 bits per heavy atom. The minimum Gasteiger partial charge on any atom is -0.398 e. The number of aromatic nitrogens is 1. The van der Waals surface area contributed by atoms with E-state index in [-0.39, 0.29) is 0 Å². The Morgan fingerprint density at radius 2 is 1.78 bits per heavy atom. The number of nitrogens with zero attached hydrogens (tertiary/aromatic N) is 1. The van der Waals surface area contributed by atoms with Gasteiger partial charge < -0.3 is 5.73 Å². The van der Waals surface area contributed by atoms with Crippen molar-refractivity contribution in [3.05, 3.63) is 59.1 Å². The van der Waals surface area contributed by atoms with E-state index in [1.807, 2.05) is 24.3 Å². The first-order chi connectivity index (χ1) is 8.83. The first kappa shape index (κ1) is 11.2. The van der Waals surface area contributed by atoms with Crippen LogP contribution in [0.4, 0.5) is 5.69 Å². The molecule has 0 atom stereocenters. The van der Waals surface area contributed by atoms with Crippen LogP contribution < -0.4 is 5.73 Å². The molecule has 0 fully saturated rings. The largest absolute Gasteiger partial charge is 0.398 e. The van der Waals surface area contributed by atoms with Gasteiger partial charge in [0.2, 0.25) is 0 Å². The van der Waals surface area contributed by atoms with Gasteiger partial charge in [-0.3, -0.25) is 0 Å². The molecule has 3 rings (SSSR count). The number of nitrogen functional groups attached to an aromatic ring is 1. The second-order valence-corrected chi connectivity index (χ2v) is 5.37. The number of fused-ring (bicyclic) bond motifs is 1. The highest BCUT2D eigenvalue weighted by atomic mass is 32.1. The highest BCUT2D eigenvalue weighted by Crippen LogP contribution is 2.27. The van der Waals surface area contributed by atoms with Crippen molar-refractivity contribution in [2.45, 2.75) is 12.8 Å². The van der Waals surface area contributed by atoms with E-state index in [0.717, 1.165) is 33.8 Å². The van der Waals surface area contributed by atoms with Crippen LogP contribution in [0.15, 0.2) is 48.5 Å². The SMILES string of the molecule is Nc1cccc2nc(CCc3ccccc3)sc12. The van der Waals surface area contributed by atoms with Crippen molar-refractivity contribution in [1.29, 1.82) is 0 Å². The summed E-state index contributed by atoms with van der Waals surface area (Å²) in [6.07, 6.45) is 2.00. The Kier molecular flexibility index (Phi) is 2.99. The molecular weight excluding hydrogens is 240 g/mol. The Morgan fingerprint density at radius 3 is 2.56 bits per heavy atom. The van der Waals surface area contributed by atoms with E-state index in [4.69, 9.17) is 5.73 Å². The summed E-state index contributed by atoms with van der Waals surface area (Å²) in [5.74, 6) is 0. The molecule has 0 saturated carbocycles. The highest BCUT2D eigenvalue weighted by molar-refractivity contribution is 7.19. The predicted molar refractivity (Wildman–Crippen MR) is 77.9 cm³/mol. The van der Waals surface area contributed by atoms with Gasteiger partial charge in [-0.25, -0.2) is 4.98 Å². The van der Waals surface area contributed by atoms with Crippen LogP contribution in [0.1, 0.15) is 10.6 Å². The van der Waals surface area contributed by atoms with Crippen molar-refractivity contribution in [2.24, 2.45) is 0 Å². The molecule has 2 N–H and O–H groups in total. The fraction of sp³-hybridized carbons (Fsp3) is 0.133. The lowest BCUT2D eigenvalue weighted by Crippen LogP contribution is -1.89. The van der Waals surface area contributed by atoms with Gasteiger partial charge in [0.25, 0.3) is 0 Å². The first-order valence-electron chi connectivity index (χ1n) is 6.01. The summed E-state index contributed by atoms with van der Waals surface area (Å²) in [5, 5.41) is 1.16. The molecule has 3 heteroatoms. The van der Waals surface area contributed by atoms with Gasteiger partial charge >= 0.3 is 0 Å². The number of rotatable bonds is 3. The molecular formula is C15H14N2S. The molecule has 90 valence electrons. The number of aryl methyl sites for hydroxylation is 2. The maximum atomic E-state index is 5.95. The van der Waals surface area contributed by atoms with Gasteiger partial charge in [0.15, 0.2) is 0 Å². The van der Waals surface area contributed by atoms with Crippen LogP contribution in [0.5, 0.6) is 0 Å². The lowest BCUT2D eigenvalue weighted by molar-refractivity contribution is 0.949. The minimum absolute atomic E-state index is 0.830. The van der Waals surface area contributed by atoms with Crippen LogP contribution in [0.25, 0.3) is 10.2 Å². The van der Waals surface area contributed by atoms with Crippen molar-refractivity contribution in [3.63, 3.8) is 0 Å². The molecule has 0 aliphatic carbocycles. The lowest BCUT2D eigenvalue weighted by Gasteiger charge is -1.97. The van der Waals surface area contributed by atoms with E-state index >= 15 is 0 Å². The van der Waals surface area contributed by atoms with Crippen LogP contribution in [-0.2, 0) is 12.8 Å². The molecule has 0 aliphatic rings. The van der Waals surface area contributed by atoms with Gasteiger partial charge in [-0.1, -0.05) is 36.4 Å². The van der Waals surface area contributed by atoms with Crippen LogP contribution in [-0.4, -0.2) is 4.98 Å². The fourth-order valence-corrected chi connectivity index (χ4v) is 3.01. The van der Waals surface area contributed by atoms with Crippen LogP contribution in [0, 0.1) is 0 Å². The molecule has 1 aromatic heterocycles. The molecule has 2 nitrogen and oxygen atoms in total. The average molecular weight is 254 g/mol. The quantitative estimate of drug-likeness (QED) is 0.724. The average Bonchev–Trinajstić information content (AvgIpc) is 2.82. The van der Waals surface area contributed by atoms with E-state index in [0.29, 0.717) is 0 Å². The van der Waals surface area contributed by atoms with Crippen LogP contribution >= 0.6 is 11.3 Å². The Hall–Kier alpha value is -1.87. The molecule has 0 unspecified atom stereocenters. The summed E-state index contributed by atoms with van der Waals surface area (Å²) in [4.78, 5) is 4.63. The van der Waals surface area contributed by atoms with Gasteiger partial charge in [0, 0.05) is 6.42 Å². The van der Waals surface area contributed by atoms with E-state index in [9.17, 15) is 0 Å². The zero-order chi connectivity index (χ0) is 12.4. The molecule has 0 spiro atoms. The van der Waals surface area contributed by atoms with E-state index < -0.39 is 0 Å². The molecule has 0 amide bonds. The maximum Gasteiger partial charge on any atom is 0.0942 e. The maximum absolute atomic E-state index is 5.95. The van der Waals surface area contributed by atoms with E-state index in [1.165, 1.54) is 5.56 Å². The van der Waals surface area contributed by atoms with Crippen molar-refractivity contribution < 1.29 is 0 Å². The molecule has 0 aliphatic heterocycles. The summed E-state index contributed by atoms with van der Waals surface area (Å²) in [6, 6.07) is 16.4. The molecule has 1 heterocycles. The third-order valence-electron chi connectivity index (χ3n) is 2.96. The molecule has 0 saturated heterocycles. The minimum atomic E-state index is 0.830. The van der Waals surface area contributed by atoms with Crippen molar-refractivity contribution in [2.75, 3.05) is 5.73 Å². The normalized spacial score (nSPS) is 10.9. The second-order valence-electron chi connectivity index (χ2n) is 4.29. The fourth-order valence-electron chi connectivity index (χ4n) is 2.02. The van der Waals surface area contributed by atoms with Crippen molar-refractivity contribution in [3.8, 4) is 0 Å².